The van der Waals surface area contributed by atoms with Crippen LogP contribution in [0.15, 0.2) is 42.5 Å². The first kappa shape index (κ1) is 13.3. The third kappa shape index (κ3) is 2.76. The number of nitrogen functional groups attached to an aromatic ring is 1. The van der Waals surface area contributed by atoms with E-state index in [0.717, 1.165) is 12.2 Å². The van der Waals surface area contributed by atoms with Crippen LogP contribution in [0.1, 0.15) is 5.56 Å². The largest absolute Gasteiger partial charge is 0.482 e. The van der Waals surface area contributed by atoms with Gasteiger partial charge in [0.25, 0.3) is 5.91 Å². The summed E-state index contributed by atoms with van der Waals surface area (Å²) in [6, 6.07) is 13.7. The van der Waals surface area contributed by atoms with E-state index >= 15 is 0 Å². The quantitative estimate of drug-likeness (QED) is 0.848. The monoisotopic (exact) mass is 283 g/mol. The minimum Gasteiger partial charge on any atom is -0.482 e. The van der Waals surface area contributed by atoms with E-state index in [1.807, 2.05) is 36.2 Å². The maximum absolute atomic E-state index is 11.4. The van der Waals surface area contributed by atoms with Crippen molar-refractivity contribution in [1.29, 1.82) is 0 Å². The number of nitrogens with zero attached hydrogens (tertiary/aromatic N) is 1. The summed E-state index contributed by atoms with van der Waals surface area (Å²) in [6.07, 6.45) is 0. The van der Waals surface area contributed by atoms with Gasteiger partial charge in [-0.25, -0.2) is 0 Å². The third-order valence-electron chi connectivity index (χ3n) is 3.44. The van der Waals surface area contributed by atoms with Crippen molar-refractivity contribution in [2.45, 2.75) is 6.54 Å². The average molecular weight is 283 g/mol. The van der Waals surface area contributed by atoms with Crippen molar-refractivity contribution in [3.05, 3.63) is 48.0 Å². The fraction of sp³-hybridized carbons (Fsp3) is 0.188. The average Bonchev–Trinajstić information content (AvgIpc) is 2.48. The van der Waals surface area contributed by atoms with Crippen LogP contribution >= 0.6 is 0 Å². The van der Waals surface area contributed by atoms with Gasteiger partial charge in [0.05, 0.1) is 17.1 Å². The molecular formula is C16H17N3O2. The van der Waals surface area contributed by atoms with Crippen LogP contribution in [0.3, 0.4) is 0 Å². The van der Waals surface area contributed by atoms with Gasteiger partial charge >= 0.3 is 0 Å². The molecule has 3 rings (SSSR count). The highest BCUT2D eigenvalue weighted by atomic mass is 16.5. The van der Waals surface area contributed by atoms with Crippen LogP contribution < -0.4 is 20.7 Å². The molecule has 0 atom stereocenters. The van der Waals surface area contributed by atoms with Crippen molar-refractivity contribution < 1.29 is 9.53 Å². The van der Waals surface area contributed by atoms with Crippen molar-refractivity contribution in [1.82, 2.24) is 0 Å². The zero-order chi connectivity index (χ0) is 14.8. The Kier molecular flexibility index (Phi) is 3.39. The van der Waals surface area contributed by atoms with E-state index in [2.05, 4.69) is 17.4 Å². The van der Waals surface area contributed by atoms with E-state index in [1.54, 1.807) is 6.07 Å². The second kappa shape index (κ2) is 5.36. The highest BCUT2D eigenvalue weighted by Crippen LogP contribution is 2.36. The molecule has 21 heavy (non-hydrogen) atoms. The Morgan fingerprint density at radius 2 is 2.05 bits per heavy atom. The summed E-state index contributed by atoms with van der Waals surface area (Å²) in [5.74, 6) is 0.466. The molecule has 5 heteroatoms. The highest BCUT2D eigenvalue weighted by Gasteiger charge is 2.19. The molecule has 1 aliphatic rings. The third-order valence-corrected chi connectivity index (χ3v) is 3.44. The van der Waals surface area contributed by atoms with E-state index in [0.29, 0.717) is 17.1 Å². The zero-order valence-corrected chi connectivity index (χ0v) is 11.8. The molecule has 1 amide bonds. The molecule has 0 aromatic heterocycles. The normalized spacial score (nSPS) is 13.1. The Balaban J connectivity index is 1.87. The lowest BCUT2D eigenvalue weighted by atomic mass is 10.1. The fourth-order valence-electron chi connectivity index (χ4n) is 2.40. The topological polar surface area (TPSA) is 67.6 Å². The number of hydrogen-bond acceptors (Lipinski definition) is 4. The summed E-state index contributed by atoms with van der Waals surface area (Å²) >= 11 is 0. The molecule has 3 N–H and O–H groups in total. The SMILES string of the molecule is CN(Cc1ccccc1)c1cc2c(cc1N)OCC(=O)N2. The van der Waals surface area contributed by atoms with Gasteiger partial charge in [-0.3, -0.25) is 4.79 Å². The number of rotatable bonds is 3. The maximum Gasteiger partial charge on any atom is 0.262 e. The van der Waals surface area contributed by atoms with Gasteiger partial charge in [0.2, 0.25) is 0 Å². The Hall–Kier alpha value is -2.69. The lowest BCUT2D eigenvalue weighted by Gasteiger charge is -2.25. The first-order valence-corrected chi connectivity index (χ1v) is 6.75. The Morgan fingerprint density at radius 3 is 2.81 bits per heavy atom. The number of fused-ring (bicyclic) bond motifs is 1. The maximum atomic E-state index is 11.4. The molecule has 1 aliphatic heterocycles. The number of carbonyl (C=O) groups is 1. The smallest absolute Gasteiger partial charge is 0.262 e. The summed E-state index contributed by atoms with van der Waals surface area (Å²) < 4.78 is 5.36. The van der Waals surface area contributed by atoms with Crippen LogP contribution in [0.2, 0.25) is 0 Å². The Bertz CT molecular complexity index is 671. The van der Waals surface area contributed by atoms with E-state index in [1.165, 1.54) is 5.56 Å². The van der Waals surface area contributed by atoms with Gasteiger partial charge in [-0.05, 0) is 11.6 Å². The molecule has 0 unspecified atom stereocenters. The van der Waals surface area contributed by atoms with Crippen molar-refractivity contribution in [2.24, 2.45) is 0 Å². The second-order valence-corrected chi connectivity index (χ2v) is 5.09. The van der Waals surface area contributed by atoms with E-state index in [-0.39, 0.29) is 12.5 Å². The minimum absolute atomic E-state index is 0.0334. The van der Waals surface area contributed by atoms with Crippen molar-refractivity contribution in [2.75, 3.05) is 29.6 Å². The number of nitrogens with two attached hydrogens (primary N) is 1. The first-order valence-electron chi connectivity index (χ1n) is 6.75. The van der Waals surface area contributed by atoms with Crippen LogP contribution in [-0.2, 0) is 11.3 Å². The van der Waals surface area contributed by atoms with Crippen LogP contribution in [0.5, 0.6) is 5.75 Å². The summed E-state index contributed by atoms with van der Waals surface area (Å²) in [5, 5.41) is 2.80. The molecule has 0 radical (unpaired) electrons. The molecule has 0 aliphatic carbocycles. The molecule has 0 bridgehead atoms. The molecule has 0 spiro atoms. The summed E-state index contributed by atoms with van der Waals surface area (Å²) in [6.45, 7) is 0.768. The van der Waals surface area contributed by atoms with Crippen LogP contribution in [0.4, 0.5) is 17.1 Å². The molecule has 2 aromatic carbocycles. The Morgan fingerprint density at radius 1 is 1.29 bits per heavy atom. The Labute approximate surface area is 123 Å². The van der Waals surface area contributed by atoms with Gasteiger partial charge in [-0.15, -0.1) is 0 Å². The second-order valence-electron chi connectivity index (χ2n) is 5.09. The number of nitrogens with one attached hydrogen (secondary N) is 1. The van der Waals surface area contributed by atoms with Crippen molar-refractivity contribution in [3.63, 3.8) is 0 Å². The van der Waals surface area contributed by atoms with Gasteiger partial charge in [-0.2, -0.15) is 0 Å². The fourth-order valence-corrected chi connectivity index (χ4v) is 2.40. The van der Waals surface area contributed by atoms with Crippen molar-refractivity contribution in [3.8, 4) is 5.75 Å². The van der Waals surface area contributed by atoms with Crippen LogP contribution in [0.25, 0.3) is 0 Å². The lowest BCUT2D eigenvalue weighted by molar-refractivity contribution is -0.118. The van der Waals surface area contributed by atoms with E-state index < -0.39 is 0 Å². The number of amides is 1. The van der Waals surface area contributed by atoms with Gasteiger partial charge < -0.3 is 20.7 Å². The minimum atomic E-state index is -0.149. The standard InChI is InChI=1S/C16H17N3O2/c1-19(9-11-5-3-2-4-6-11)14-8-13-15(7-12(14)17)21-10-16(20)18-13/h2-8H,9-10,17H2,1H3,(H,18,20). The number of hydrogen-bond donors (Lipinski definition) is 2. The summed E-state index contributed by atoms with van der Waals surface area (Å²) in [5.41, 5.74) is 9.45. The van der Waals surface area contributed by atoms with Gasteiger partial charge in [0.15, 0.2) is 6.61 Å². The van der Waals surface area contributed by atoms with Crippen LogP contribution in [-0.4, -0.2) is 19.6 Å². The predicted molar refractivity (Wildman–Crippen MR) is 83.5 cm³/mol. The molecule has 2 aromatic rings. The number of carbonyl (C=O) groups excluding carboxylic acids is 1. The zero-order valence-electron chi connectivity index (χ0n) is 11.8. The van der Waals surface area contributed by atoms with Gasteiger partial charge in [0, 0.05) is 19.7 Å². The molecular weight excluding hydrogens is 266 g/mol. The molecule has 1 heterocycles. The van der Waals surface area contributed by atoms with Crippen LogP contribution in [0, 0.1) is 0 Å². The van der Waals surface area contributed by atoms with Gasteiger partial charge in [-0.1, -0.05) is 30.3 Å². The first-order chi connectivity index (χ1) is 10.1. The van der Waals surface area contributed by atoms with Crippen molar-refractivity contribution >= 4 is 23.0 Å². The molecule has 0 fully saturated rings. The molecule has 108 valence electrons. The summed E-state index contributed by atoms with van der Waals surface area (Å²) in [7, 11) is 1.97. The molecule has 0 saturated carbocycles. The van der Waals surface area contributed by atoms with E-state index in [4.69, 9.17) is 10.5 Å². The molecule has 0 saturated heterocycles. The van der Waals surface area contributed by atoms with Gasteiger partial charge in [0.1, 0.15) is 5.75 Å². The van der Waals surface area contributed by atoms with E-state index in [9.17, 15) is 4.79 Å². The number of benzene rings is 2. The lowest BCUT2D eigenvalue weighted by Crippen LogP contribution is -2.26. The number of anilines is 3. The highest BCUT2D eigenvalue weighted by molar-refractivity contribution is 5.97. The molecule has 5 nitrogen and oxygen atoms in total. The predicted octanol–water partition coefficient (Wildman–Crippen LogP) is 2.24. The summed E-state index contributed by atoms with van der Waals surface area (Å²) in [4.78, 5) is 13.4. The number of ether oxygens (including phenoxy) is 1.